The van der Waals surface area contributed by atoms with Crippen LogP contribution in [0.25, 0.3) is 0 Å². The van der Waals surface area contributed by atoms with E-state index in [0.717, 1.165) is 5.56 Å². The highest BCUT2D eigenvalue weighted by Gasteiger charge is 2.32. The summed E-state index contributed by atoms with van der Waals surface area (Å²) in [4.78, 5) is 10.9. The van der Waals surface area contributed by atoms with Crippen molar-refractivity contribution in [3.63, 3.8) is 0 Å². The molecule has 0 atom stereocenters. The number of para-hydroxylation sites is 1. The van der Waals surface area contributed by atoms with E-state index in [1.807, 2.05) is 12.1 Å². The van der Waals surface area contributed by atoms with E-state index in [4.69, 9.17) is 9.84 Å². The Hall–Kier alpha value is -3.39. The average Bonchev–Trinajstić information content (AvgIpc) is 3.23. The molecule has 0 radical (unpaired) electrons. The largest absolute Gasteiger partial charge is 0.489 e. The zero-order valence-electron chi connectivity index (χ0n) is 17.2. The summed E-state index contributed by atoms with van der Waals surface area (Å²) < 4.78 is 47.9. The quantitative estimate of drug-likeness (QED) is 0.551. The van der Waals surface area contributed by atoms with Gasteiger partial charge in [-0.3, -0.25) is 9.10 Å². The molecule has 6 nitrogen and oxygen atoms in total. The van der Waals surface area contributed by atoms with Gasteiger partial charge < -0.3 is 9.84 Å². The Morgan fingerprint density at radius 2 is 1.81 bits per heavy atom. The van der Waals surface area contributed by atoms with Crippen LogP contribution < -0.4 is 9.04 Å². The first-order valence-electron chi connectivity index (χ1n) is 10.2. The molecular formula is C24H22FNO5S. The van der Waals surface area contributed by atoms with Crippen LogP contribution in [0.3, 0.4) is 0 Å². The van der Waals surface area contributed by atoms with Gasteiger partial charge in [-0.15, -0.1) is 0 Å². The molecule has 0 fully saturated rings. The third-order valence-electron chi connectivity index (χ3n) is 5.40. The second-order valence-corrected chi connectivity index (χ2v) is 9.36. The number of carboxylic acids is 1. The van der Waals surface area contributed by atoms with Crippen LogP contribution in [0.4, 0.5) is 10.1 Å². The van der Waals surface area contributed by atoms with Crippen molar-refractivity contribution in [3.05, 3.63) is 89.2 Å². The number of carboxylic acid groups (broad SMARTS) is 1. The molecule has 8 heteroatoms. The highest BCUT2D eigenvalue weighted by Crippen LogP contribution is 2.36. The highest BCUT2D eigenvalue weighted by molar-refractivity contribution is 7.92. The molecule has 0 saturated heterocycles. The molecule has 166 valence electrons. The van der Waals surface area contributed by atoms with Gasteiger partial charge in [0.25, 0.3) is 10.0 Å². The number of halogens is 1. The van der Waals surface area contributed by atoms with Crippen molar-refractivity contribution < 1.29 is 27.4 Å². The zero-order valence-corrected chi connectivity index (χ0v) is 18.0. The lowest BCUT2D eigenvalue weighted by molar-refractivity contribution is -0.136. The molecule has 3 aromatic rings. The number of hydrogen-bond donors (Lipinski definition) is 1. The summed E-state index contributed by atoms with van der Waals surface area (Å²) in [6.07, 6.45) is 0.543. The number of aryl methyl sites for hydroxylation is 1. The molecule has 0 saturated carbocycles. The maximum absolute atomic E-state index is 14.3. The molecule has 0 spiro atoms. The number of ether oxygens (including phenoxy) is 1. The van der Waals surface area contributed by atoms with E-state index >= 15 is 0 Å². The molecule has 0 unspecified atom stereocenters. The molecule has 1 N–H and O–H groups in total. The Morgan fingerprint density at radius 3 is 2.53 bits per heavy atom. The monoisotopic (exact) mass is 455 g/mol. The van der Waals surface area contributed by atoms with Gasteiger partial charge in [0.05, 0.1) is 10.6 Å². The lowest BCUT2D eigenvalue weighted by atomic mass is 10.1. The van der Waals surface area contributed by atoms with Crippen molar-refractivity contribution in [2.24, 2.45) is 0 Å². The molecule has 32 heavy (non-hydrogen) atoms. The second-order valence-electron chi connectivity index (χ2n) is 7.50. The van der Waals surface area contributed by atoms with Gasteiger partial charge in [0.1, 0.15) is 18.2 Å². The maximum atomic E-state index is 14.3. The molecule has 1 aliphatic rings. The van der Waals surface area contributed by atoms with Crippen LogP contribution in [-0.4, -0.2) is 26.0 Å². The topological polar surface area (TPSA) is 83.9 Å². The Balaban J connectivity index is 1.55. The SMILES string of the molecule is O=C(O)CCc1ccc(OCc2cccc3c2N(S(=O)(=O)c2ccccc2)CC3)cc1F. The third-order valence-corrected chi connectivity index (χ3v) is 7.21. The van der Waals surface area contributed by atoms with E-state index in [0.29, 0.717) is 29.8 Å². The predicted octanol–water partition coefficient (Wildman–Crippen LogP) is 4.17. The van der Waals surface area contributed by atoms with Gasteiger partial charge in [-0.25, -0.2) is 12.8 Å². The van der Waals surface area contributed by atoms with Gasteiger partial charge in [-0.1, -0.05) is 42.5 Å². The van der Waals surface area contributed by atoms with Gasteiger partial charge in [0, 0.05) is 24.6 Å². The smallest absolute Gasteiger partial charge is 0.303 e. The van der Waals surface area contributed by atoms with Crippen LogP contribution in [0.1, 0.15) is 23.1 Å². The lowest BCUT2D eigenvalue weighted by Crippen LogP contribution is -2.30. The molecule has 1 aliphatic heterocycles. The van der Waals surface area contributed by atoms with E-state index in [9.17, 15) is 17.6 Å². The summed E-state index contributed by atoms with van der Waals surface area (Å²) in [5, 5.41) is 8.76. The Morgan fingerprint density at radius 1 is 1.03 bits per heavy atom. The molecule has 0 bridgehead atoms. The maximum Gasteiger partial charge on any atom is 0.303 e. The predicted molar refractivity (Wildman–Crippen MR) is 118 cm³/mol. The number of hydrogen-bond acceptors (Lipinski definition) is 4. The summed E-state index contributed by atoms with van der Waals surface area (Å²) in [5.74, 6) is -1.23. The van der Waals surface area contributed by atoms with Crippen molar-refractivity contribution in [2.75, 3.05) is 10.8 Å². The number of fused-ring (bicyclic) bond motifs is 1. The number of anilines is 1. The molecule has 1 heterocycles. The van der Waals surface area contributed by atoms with Crippen LogP contribution in [0.5, 0.6) is 5.75 Å². The van der Waals surface area contributed by atoms with Crippen molar-refractivity contribution in [2.45, 2.75) is 30.8 Å². The van der Waals surface area contributed by atoms with Crippen LogP contribution in [0.2, 0.25) is 0 Å². The number of benzene rings is 3. The van der Waals surface area contributed by atoms with Gasteiger partial charge in [0.2, 0.25) is 0 Å². The van der Waals surface area contributed by atoms with Gasteiger partial charge in [-0.05, 0) is 42.2 Å². The van der Waals surface area contributed by atoms with Crippen molar-refractivity contribution in [3.8, 4) is 5.75 Å². The van der Waals surface area contributed by atoms with Gasteiger partial charge in [0.15, 0.2) is 0 Å². The number of sulfonamides is 1. The molecular weight excluding hydrogens is 433 g/mol. The minimum atomic E-state index is -3.71. The summed E-state index contributed by atoms with van der Waals surface area (Å²) >= 11 is 0. The van der Waals surface area contributed by atoms with E-state index in [1.54, 1.807) is 42.5 Å². The first kappa shape index (κ1) is 21.8. The van der Waals surface area contributed by atoms with E-state index < -0.39 is 21.8 Å². The number of nitrogens with zero attached hydrogens (tertiary/aromatic N) is 1. The first-order chi connectivity index (χ1) is 15.4. The summed E-state index contributed by atoms with van der Waals surface area (Å²) in [7, 11) is -3.71. The van der Waals surface area contributed by atoms with Gasteiger partial charge in [-0.2, -0.15) is 0 Å². The summed E-state index contributed by atoms with van der Waals surface area (Å²) in [6.45, 7) is 0.411. The number of carbonyl (C=O) groups is 1. The second kappa shape index (κ2) is 9.00. The first-order valence-corrected chi connectivity index (χ1v) is 11.6. The minimum Gasteiger partial charge on any atom is -0.489 e. The lowest BCUT2D eigenvalue weighted by Gasteiger charge is -2.22. The Labute approximate surface area is 185 Å². The molecule has 0 aliphatic carbocycles. The van der Waals surface area contributed by atoms with E-state index in [1.165, 1.54) is 16.4 Å². The fourth-order valence-corrected chi connectivity index (χ4v) is 5.36. The average molecular weight is 456 g/mol. The van der Waals surface area contributed by atoms with Crippen LogP contribution in [-0.2, 0) is 34.3 Å². The van der Waals surface area contributed by atoms with Crippen molar-refractivity contribution >= 4 is 21.7 Å². The number of aliphatic carboxylic acids is 1. The summed E-state index contributed by atoms with van der Waals surface area (Å²) in [6, 6.07) is 18.2. The highest BCUT2D eigenvalue weighted by atomic mass is 32.2. The standard InChI is InChI=1S/C24H22FNO5S/c25-22-15-20(11-9-17(22)10-12-23(27)28)31-16-19-6-4-5-18-13-14-26(24(18)19)32(29,30)21-7-2-1-3-8-21/h1-9,11,15H,10,12-14,16H2,(H,27,28). The number of rotatable bonds is 8. The van der Waals surface area contributed by atoms with Crippen LogP contribution in [0.15, 0.2) is 71.6 Å². The molecule has 0 aromatic heterocycles. The molecule has 3 aromatic carbocycles. The van der Waals surface area contributed by atoms with E-state index in [-0.39, 0.29) is 30.1 Å². The fourth-order valence-electron chi connectivity index (χ4n) is 3.80. The van der Waals surface area contributed by atoms with E-state index in [2.05, 4.69) is 0 Å². The molecule has 0 amide bonds. The fraction of sp³-hybridized carbons (Fsp3) is 0.208. The Kier molecular flexibility index (Phi) is 6.14. The van der Waals surface area contributed by atoms with Crippen molar-refractivity contribution in [1.29, 1.82) is 0 Å². The third kappa shape index (κ3) is 4.45. The minimum absolute atomic E-state index is 0.0674. The van der Waals surface area contributed by atoms with Crippen LogP contribution in [0, 0.1) is 5.82 Å². The Bertz CT molecular complexity index is 1240. The summed E-state index contributed by atoms with van der Waals surface area (Å²) in [5.41, 5.74) is 2.52. The normalized spacial score (nSPS) is 13.1. The molecule has 4 rings (SSSR count). The van der Waals surface area contributed by atoms with Gasteiger partial charge >= 0.3 is 5.97 Å². The van der Waals surface area contributed by atoms with Crippen LogP contribution >= 0.6 is 0 Å². The zero-order chi connectivity index (χ0) is 22.7. The van der Waals surface area contributed by atoms with Crippen molar-refractivity contribution in [1.82, 2.24) is 0 Å².